The maximum Gasteiger partial charge on any atom is 0.253 e. The van der Waals surface area contributed by atoms with Crippen molar-refractivity contribution in [2.75, 3.05) is 13.1 Å². The Labute approximate surface area is 162 Å². The van der Waals surface area contributed by atoms with Crippen molar-refractivity contribution in [1.29, 1.82) is 0 Å². The molecule has 0 aliphatic carbocycles. The number of hydrogen-bond acceptors (Lipinski definition) is 4. The molecule has 146 valence electrons. The first-order valence-electron chi connectivity index (χ1n) is 9.60. The van der Waals surface area contributed by atoms with Crippen molar-refractivity contribution in [3.8, 4) is 0 Å². The molecule has 0 saturated carbocycles. The number of halogens is 1. The molecule has 0 bridgehead atoms. The molecular formula is C20H23FN6O. The Morgan fingerprint density at radius 2 is 2.04 bits per heavy atom. The number of piperidine rings is 1. The minimum atomic E-state index is -0.388. The molecule has 0 radical (unpaired) electrons. The van der Waals surface area contributed by atoms with Crippen molar-refractivity contribution in [1.82, 2.24) is 29.4 Å². The summed E-state index contributed by atoms with van der Waals surface area (Å²) in [6.45, 7) is 4.73. The molecular weight excluding hydrogens is 359 g/mol. The molecule has 1 saturated heterocycles. The van der Waals surface area contributed by atoms with Gasteiger partial charge < -0.3 is 9.47 Å². The SMILES string of the molecule is CCn1c(Cn2cccn2)nnc1C1CCN(C(=O)c2cccc(F)c2)CC1. The number of carbonyl (C=O) groups is 1. The van der Waals surface area contributed by atoms with E-state index in [1.807, 2.05) is 16.9 Å². The molecule has 3 aromatic rings. The van der Waals surface area contributed by atoms with E-state index in [9.17, 15) is 9.18 Å². The van der Waals surface area contributed by atoms with Gasteiger partial charge in [0.1, 0.15) is 18.2 Å². The van der Waals surface area contributed by atoms with Crippen molar-refractivity contribution < 1.29 is 9.18 Å². The monoisotopic (exact) mass is 382 g/mol. The highest BCUT2D eigenvalue weighted by Gasteiger charge is 2.28. The predicted molar refractivity (Wildman–Crippen MR) is 101 cm³/mol. The van der Waals surface area contributed by atoms with E-state index in [0.717, 1.165) is 31.0 Å². The minimum absolute atomic E-state index is 0.116. The molecule has 1 aliphatic rings. The Kier molecular flexibility index (Phi) is 5.18. The van der Waals surface area contributed by atoms with E-state index in [-0.39, 0.29) is 17.6 Å². The lowest BCUT2D eigenvalue weighted by atomic mass is 9.95. The molecule has 0 unspecified atom stereocenters. The van der Waals surface area contributed by atoms with E-state index < -0.39 is 0 Å². The molecule has 7 nitrogen and oxygen atoms in total. The second-order valence-electron chi connectivity index (χ2n) is 7.00. The standard InChI is InChI=1S/C20H23FN6O/c1-2-27-18(14-26-10-4-9-22-26)23-24-19(27)15-7-11-25(12-8-15)20(28)16-5-3-6-17(21)13-16/h3-6,9-10,13,15H,2,7-8,11-12,14H2,1H3. The zero-order valence-electron chi connectivity index (χ0n) is 15.8. The molecule has 0 spiro atoms. The summed E-state index contributed by atoms with van der Waals surface area (Å²) in [6, 6.07) is 7.76. The number of carbonyl (C=O) groups excluding carboxylic acids is 1. The van der Waals surface area contributed by atoms with Crippen LogP contribution in [0.3, 0.4) is 0 Å². The third kappa shape index (κ3) is 3.67. The number of likely N-dealkylation sites (tertiary alicyclic amines) is 1. The van der Waals surface area contributed by atoms with Gasteiger partial charge in [-0.3, -0.25) is 9.48 Å². The average Bonchev–Trinajstić information content (AvgIpc) is 3.37. The van der Waals surface area contributed by atoms with Gasteiger partial charge in [0.15, 0.2) is 5.82 Å². The fourth-order valence-corrected chi connectivity index (χ4v) is 3.80. The summed E-state index contributed by atoms with van der Waals surface area (Å²) in [5, 5.41) is 13.1. The molecule has 8 heteroatoms. The van der Waals surface area contributed by atoms with Crippen LogP contribution in [0.5, 0.6) is 0 Å². The third-order valence-corrected chi connectivity index (χ3v) is 5.25. The lowest BCUT2D eigenvalue weighted by molar-refractivity contribution is 0.0709. The Morgan fingerprint density at radius 1 is 1.21 bits per heavy atom. The van der Waals surface area contributed by atoms with E-state index in [2.05, 4.69) is 26.8 Å². The Bertz CT molecular complexity index is 944. The van der Waals surface area contributed by atoms with Gasteiger partial charge in [0.05, 0.1) is 0 Å². The highest BCUT2D eigenvalue weighted by Crippen LogP contribution is 2.28. The zero-order chi connectivity index (χ0) is 19.5. The van der Waals surface area contributed by atoms with Crippen molar-refractivity contribution >= 4 is 5.91 Å². The average molecular weight is 382 g/mol. The Hall–Kier alpha value is -3.03. The second kappa shape index (κ2) is 7.92. The first kappa shape index (κ1) is 18.3. The van der Waals surface area contributed by atoms with Gasteiger partial charge in [0, 0.05) is 43.5 Å². The predicted octanol–water partition coefficient (Wildman–Crippen LogP) is 2.70. The largest absolute Gasteiger partial charge is 0.339 e. The third-order valence-electron chi connectivity index (χ3n) is 5.25. The van der Waals surface area contributed by atoms with Gasteiger partial charge in [0.25, 0.3) is 5.91 Å². The molecule has 1 fully saturated rings. The first-order chi connectivity index (χ1) is 13.7. The van der Waals surface area contributed by atoms with Gasteiger partial charge in [0.2, 0.25) is 0 Å². The molecule has 1 aliphatic heterocycles. The maximum atomic E-state index is 13.4. The van der Waals surface area contributed by atoms with Crippen LogP contribution in [0, 0.1) is 5.82 Å². The number of amides is 1. The van der Waals surface area contributed by atoms with Crippen molar-refractivity contribution in [2.24, 2.45) is 0 Å². The Balaban J connectivity index is 1.44. The number of nitrogens with zero attached hydrogens (tertiary/aromatic N) is 6. The fourth-order valence-electron chi connectivity index (χ4n) is 3.80. The summed E-state index contributed by atoms with van der Waals surface area (Å²) in [4.78, 5) is 14.4. The van der Waals surface area contributed by atoms with Crippen LogP contribution in [0.4, 0.5) is 4.39 Å². The maximum absolute atomic E-state index is 13.4. The van der Waals surface area contributed by atoms with Gasteiger partial charge in [-0.25, -0.2) is 4.39 Å². The van der Waals surface area contributed by atoms with Crippen LogP contribution < -0.4 is 0 Å². The molecule has 3 heterocycles. The normalized spacial score (nSPS) is 15.1. The van der Waals surface area contributed by atoms with Crippen LogP contribution in [0.2, 0.25) is 0 Å². The van der Waals surface area contributed by atoms with Crippen LogP contribution in [0.15, 0.2) is 42.7 Å². The molecule has 2 aromatic heterocycles. The molecule has 0 N–H and O–H groups in total. The van der Waals surface area contributed by atoms with Crippen molar-refractivity contribution in [3.63, 3.8) is 0 Å². The van der Waals surface area contributed by atoms with Crippen LogP contribution in [0.1, 0.15) is 47.7 Å². The summed E-state index contributed by atoms with van der Waals surface area (Å²) in [7, 11) is 0. The summed E-state index contributed by atoms with van der Waals surface area (Å²) >= 11 is 0. The van der Waals surface area contributed by atoms with Gasteiger partial charge in [-0.1, -0.05) is 6.07 Å². The Morgan fingerprint density at radius 3 is 2.71 bits per heavy atom. The first-order valence-corrected chi connectivity index (χ1v) is 9.60. The van der Waals surface area contributed by atoms with E-state index in [1.54, 1.807) is 23.2 Å². The van der Waals surface area contributed by atoms with Gasteiger partial charge >= 0.3 is 0 Å². The highest BCUT2D eigenvalue weighted by atomic mass is 19.1. The summed E-state index contributed by atoms with van der Waals surface area (Å²) < 4.78 is 17.4. The number of rotatable bonds is 5. The van der Waals surface area contributed by atoms with Crippen LogP contribution >= 0.6 is 0 Å². The number of aromatic nitrogens is 5. The van der Waals surface area contributed by atoms with Crippen LogP contribution in [-0.2, 0) is 13.1 Å². The molecule has 1 aromatic carbocycles. The quantitative estimate of drug-likeness (QED) is 0.680. The summed E-state index contributed by atoms with van der Waals surface area (Å²) in [5.74, 6) is 1.62. The van der Waals surface area contributed by atoms with E-state index >= 15 is 0 Å². The lowest BCUT2D eigenvalue weighted by Gasteiger charge is -2.31. The van der Waals surface area contributed by atoms with Gasteiger partial charge in [-0.05, 0) is 44.0 Å². The number of benzene rings is 1. The zero-order valence-corrected chi connectivity index (χ0v) is 15.8. The highest BCUT2D eigenvalue weighted by molar-refractivity contribution is 5.94. The van der Waals surface area contributed by atoms with Gasteiger partial charge in [-0.2, -0.15) is 5.10 Å². The van der Waals surface area contributed by atoms with Crippen molar-refractivity contribution in [3.05, 3.63) is 65.8 Å². The van der Waals surface area contributed by atoms with Crippen LogP contribution in [-0.4, -0.2) is 48.4 Å². The fraction of sp³-hybridized carbons (Fsp3) is 0.400. The van der Waals surface area contributed by atoms with Crippen molar-refractivity contribution in [2.45, 2.75) is 38.8 Å². The lowest BCUT2D eigenvalue weighted by Crippen LogP contribution is -2.38. The van der Waals surface area contributed by atoms with Crippen LogP contribution in [0.25, 0.3) is 0 Å². The van der Waals surface area contributed by atoms with Gasteiger partial charge in [-0.15, -0.1) is 10.2 Å². The second-order valence-corrected chi connectivity index (χ2v) is 7.00. The van der Waals surface area contributed by atoms with E-state index in [1.165, 1.54) is 12.1 Å². The molecule has 28 heavy (non-hydrogen) atoms. The molecule has 0 atom stereocenters. The summed E-state index contributed by atoms with van der Waals surface area (Å²) in [5.41, 5.74) is 0.400. The number of hydrogen-bond donors (Lipinski definition) is 0. The van der Waals surface area contributed by atoms with E-state index in [0.29, 0.717) is 25.2 Å². The smallest absolute Gasteiger partial charge is 0.253 e. The topological polar surface area (TPSA) is 68.8 Å². The minimum Gasteiger partial charge on any atom is -0.339 e. The molecule has 1 amide bonds. The molecule has 4 rings (SSSR count). The summed E-state index contributed by atoms with van der Waals surface area (Å²) in [6.07, 6.45) is 5.30. The van der Waals surface area contributed by atoms with E-state index in [4.69, 9.17) is 0 Å².